The number of carbonyl (C=O) groups excluding carboxylic acids is 2. The van der Waals surface area contributed by atoms with Gasteiger partial charge < -0.3 is 14.2 Å². The van der Waals surface area contributed by atoms with Crippen LogP contribution in [0.1, 0.15) is 53.3 Å². The molecule has 2 aromatic rings. The van der Waals surface area contributed by atoms with Crippen LogP contribution < -0.4 is 9.47 Å². The summed E-state index contributed by atoms with van der Waals surface area (Å²) in [5, 5.41) is 0. The average molecular weight is 435 g/mol. The lowest BCUT2D eigenvalue weighted by molar-refractivity contribution is 0.0597. The van der Waals surface area contributed by atoms with E-state index in [9.17, 15) is 9.59 Å². The minimum atomic E-state index is -0.521. The second-order valence-electron chi connectivity index (χ2n) is 5.96. The highest BCUT2D eigenvalue weighted by molar-refractivity contribution is 9.10. The Hall–Kier alpha value is -2.34. The van der Waals surface area contributed by atoms with E-state index in [-0.39, 0.29) is 5.75 Å². The molecule has 0 aromatic heterocycles. The fraction of sp³-hybridized carbons (Fsp3) is 0.333. The number of methoxy groups -OCH3 is 1. The van der Waals surface area contributed by atoms with Crippen LogP contribution in [-0.2, 0) is 4.74 Å². The third-order valence-corrected chi connectivity index (χ3v) is 4.51. The van der Waals surface area contributed by atoms with E-state index in [1.807, 2.05) is 0 Å². The second-order valence-corrected chi connectivity index (χ2v) is 6.82. The van der Waals surface area contributed by atoms with Crippen molar-refractivity contribution in [3.05, 3.63) is 58.1 Å². The SMILES string of the molecule is CCCCCCOc1ccc(C(=O)Oc2cccc(C(=O)OC)c2)cc1Br. The molecule has 27 heavy (non-hydrogen) atoms. The average Bonchev–Trinajstić information content (AvgIpc) is 2.68. The Morgan fingerprint density at radius 2 is 1.74 bits per heavy atom. The van der Waals surface area contributed by atoms with Crippen molar-refractivity contribution < 1.29 is 23.8 Å². The van der Waals surface area contributed by atoms with Crippen LogP contribution in [0.4, 0.5) is 0 Å². The third-order valence-electron chi connectivity index (χ3n) is 3.89. The molecule has 0 amide bonds. The number of carbonyl (C=O) groups is 2. The molecule has 0 unspecified atom stereocenters. The fourth-order valence-electron chi connectivity index (χ4n) is 2.43. The van der Waals surface area contributed by atoms with E-state index in [0.717, 1.165) is 12.8 Å². The van der Waals surface area contributed by atoms with Crippen molar-refractivity contribution >= 4 is 27.9 Å². The zero-order valence-electron chi connectivity index (χ0n) is 15.5. The maximum absolute atomic E-state index is 12.4. The van der Waals surface area contributed by atoms with Crippen molar-refractivity contribution in [2.75, 3.05) is 13.7 Å². The van der Waals surface area contributed by atoms with Gasteiger partial charge in [0.25, 0.3) is 0 Å². The number of hydrogen-bond donors (Lipinski definition) is 0. The highest BCUT2D eigenvalue weighted by atomic mass is 79.9. The van der Waals surface area contributed by atoms with Gasteiger partial charge in [0.1, 0.15) is 11.5 Å². The first-order chi connectivity index (χ1) is 13.0. The van der Waals surface area contributed by atoms with Gasteiger partial charge in [-0.1, -0.05) is 32.3 Å². The third kappa shape index (κ3) is 6.40. The zero-order chi connectivity index (χ0) is 19.6. The van der Waals surface area contributed by atoms with Crippen LogP contribution in [0.15, 0.2) is 46.9 Å². The molecule has 6 heteroatoms. The summed E-state index contributed by atoms with van der Waals surface area (Å²) >= 11 is 3.43. The number of halogens is 1. The summed E-state index contributed by atoms with van der Waals surface area (Å²) in [5.41, 5.74) is 0.694. The Labute approximate surface area is 167 Å². The largest absolute Gasteiger partial charge is 0.492 e. The first kappa shape index (κ1) is 21.0. The highest BCUT2D eigenvalue weighted by Gasteiger charge is 2.13. The Morgan fingerprint density at radius 1 is 0.963 bits per heavy atom. The molecule has 0 aliphatic carbocycles. The van der Waals surface area contributed by atoms with Crippen molar-refractivity contribution in [1.29, 1.82) is 0 Å². The summed E-state index contributed by atoms with van der Waals surface area (Å²) in [6, 6.07) is 11.3. The van der Waals surface area contributed by atoms with E-state index in [2.05, 4.69) is 27.6 Å². The zero-order valence-corrected chi connectivity index (χ0v) is 17.1. The van der Waals surface area contributed by atoms with Crippen molar-refractivity contribution in [3.8, 4) is 11.5 Å². The molecule has 144 valence electrons. The van der Waals surface area contributed by atoms with Gasteiger partial charge in [-0.3, -0.25) is 0 Å². The summed E-state index contributed by atoms with van der Waals surface area (Å²) < 4.78 is 16.4. The topological polar surface area (TPSA) is 61.8 Å². The molecule has 0 aliphatic rings. The molecule has 0 bridgehead atoms. The van der Waals surface area contributed by atoms with Gasteiger partial charge in [0.2, 0.25) is 0 Å². The number of unbranched alkanes of at least 4 members (excludes halogenated alkanes) is 3. The number of ether oxygens (including phenoxy) is 3. The lowest BCUT2D eigenvalue weighted by Crippen LogP contribution is -2.10. The molecule has 0 saturated heterocycles. The smallest absolute Gasteiger partial charge is 0.343 e. The van der Waals surface area contributed by atoms with E-state index in [0.29, 0.717) is 28.0 Å². The van der Waals surface area contributed by atoms with Gasteiger partial charge in [-0.15, -0.1) is 0 Å². The summed E-state index contributed by atoms with van der Waals surface area (Å²) in [4.78, 5) is 23.9. The van der Waals surface area contributed by atoms with Crippen molar-refractivity contribution in [2.24, 2.45) is 0 Å². The molecule has 0 spiro atoms. The van der Waals surface area contributed by atoms with E-state index in [1.165, 1.54) is 26.0 Å². The standard InChI is InChI=1S/C21H23BrO5/c1-3-4-5-6-12-26-19-11-10-16(14-18(19)22)21(24)27-17-9-7-8-15(13-17)20(23)25-2/h7-11,13-14H,3-6,12H2,1-2H3. The molecule has 2 aromatic carbocycles. The molecule has 2 rings (SSSR count). The lowest BCUT2D eigenvalue weighted by Gasteiger charge is -2.10. The van der Waals surface area contributed by atoms with E-state index >= 15 is 0 Å². The molecule has 0 fully saturated rings. The molecular formula is C21H23BrO5. The summed E-state index contributed by atoms with van der Waals surface area (Å²) in [5.74, 6) is -0.0469. The van der Waals surface area contributed by atoms with Gasteiger partial charge in [-0.05, 0) is 58.7 Å². The molecule has 5 nitrogen and oxygen atoms in total. The number of benzene rings is 2. The molecular weight excluding hydrogens is 412 g/mol. The minimum absolute atomic E-state index is 0.273. The van der Waals surface area contributed by atoms with Gasteiger partial charge >= 0.3 is 11.9 Å². The molecule has 0 heterocycles. The van der Waals surface area contributed by atoms with Gasteiger partial charge in [-0.25, -0.2) is 9.59 Å². The predicted octanol–water partition coefficient (Wildman–Crippen LogP) is 5.41. The Bertz CT molecular complexity index is 788. The first-order valence-electron chi connectivity index (χ1n) is 8.88. The van der Waals surface area contributed by atoms with Gasteiger partial charge in [0, 0.05) is 0 Å². The van der Waals surface area contributed by atoms with Gasteiger partial charge in [-0.2, -0.15) is 0 Å². The van der Waals surface area contributed by atoms with E-state index in [1.54, 1.807) is 36.4 Å². The van der Waals surface area contributed by atoms with E-state index in [4.69, 9.17) is 9.47 Å². The number of esters is 2. The second kappa shape index (κ2) is 10.7. The Morgan fingerprint density at radius 3 is 2.44 bits per heavy atom. The highest BCUT2D eigenvalue weighted by Crippen LogP contribution is 2.27. The quantitative estimate of drug-likeness (QED) is 0.299. The maximum Gasteiger partial charge on any atom is 0.343 e. The number of hydrogen-bond acceptors (Lipinski definition) is 5. The van der Waals surface area contributed by atoms with Gasteiger partial charge in [0.05, 0.1) is 29.3 Å². The van der Waals surface area contributed by atoms with Crippen molar-refractivity contribution in [2.45, 2.75) is 32.6 Å². The molecule has 0 radical (unpaired) electrons. The van der Waals surface area contributed by atoms with Crippen LogP contribution in [0.2, 0.25) is 0 Å². The molecule has 0 aliphatic heterocycles. The van der Waals surface area contributed by atoms with Crippen molar-refractivity contribution in [3.63, 3.8) is 0 Å². The summed E-state index contributed by atoms with van der Waals surface area (Å²) in [7, 11) is 1.30. The minimum Gasteiger partial charge on any atom is -0.492 e. The van der Waals surface area contributed by atoms with E-state index < -0.39 is 11.9 Å². The molecule has 0 saturated carbocycles. The Balaban J connectivity index is 1.98. The lowest BCUT2D eigenvalue weighted by atomic mass is 10.2. The first-order valence-corrected chi connectivity index (χ1v) is 9.67. The molecule has 0 N–H and O–H groups in total. The van der Waals surface area contributed by atoms with Crippen LogP contribution in [0, 0.1) is 0 Å². The molecule has 0 atom stereocenters. The van der Waals surface area contributed by atoms with Crippen LogP contribution in [0.3, 0.4) is 0 Å². The van der Waals surface area contributed by atoms with Crippen LogP contribution in [0.25, 0.3) is 0 Å². The summed E-state index contributed by atoms with van der Waals surface area (Å²) in [6.45, 7) is 2.81. The number of rotatable bonds is 9. The normalized spacial score (nSPS) is 10.3. The van der Waals surface area contributed by atoms with Crippen LogP contribution in [-0.4, -0.2) is 25.7 Å². The maximum atomic E-state index is 12.4. The van der Waals surface area contributed by atoms with Crippen LogP contribution >= 0.6 is 15.9 Å². The monoisotopic (exact) mass is 434 g/mol. The Kier molecular flexibility index (Phi) is 8.33. The predicted molar refractivity (Wildman–Crippen MR) is 107 cm³/mol. The van der Waals surface area contributed by atoms with Gasteiger partial charge in [0.15, 0.2) is 0 Å². The van der Waals surface area contributed by atoms with Crippen molar-refractivity contribution in [1.82, 2.24) is 0 Å². The fourth-order valence-corrected chi connectivity index (χ4v) is 2.92. The van der Waals surface area contributed by atoms with Crippen LogP contribution in [0.5, 0.6) is 11.5 Å². The summed E-state index contributed by atoms with van der Waals surface area (Å²) in [6.07, 6.45) is 4.53.